The van der Waals surface area contributed by atoms with Crippen molar-refractivity contribution in [1.29, 1.82) is 0 Å². The average Bonchev–Trinajstić information content (AvgIpc) is 2.23. The third-order valence-electron chi connectivity index (χ3n) is 2.19. The summed E-state index contributed by atoms with van der Waals surface area (Å²) in [6.07, 6.45) is -4.81. The highest BCUT2D eigenvalue weighted by Crippen LogP contribution is 2.42. The lowest BCUT2D eigenvalue weighted by molar-refractivity contribution is -0.138. The highest BCUT2D eigenvalue weighted by Gasteiger charge is 2.37. The van der Waals surface area contributed by atoms with Gasteiger partial charge >= 0.3 is 11.7 Å². The van der Waals surface area contributed by atoms with Crippen LogP contribution in [-0.4, -0.2) is 11.3 Å². The van der Waals surface area contributed by atoms with Crippen LogP contribution < -0.4 is 0 Å². The molecule has 1 aromatic rings. The van der Waals surface area contributed by atoms with E-state index in [2.05, 4.69) is 0 Å². The molecule has 0 saturated heterocycles. The highest BCUT2D eigenvalue weighted by atomic mass is 35.5. The average molecular weight is 337 g/mol. The largest absolute Gasteiger partial charge is 0.446 e. The van der Waals surface area contributed by atoms with Crippen molar-refractivity contribution < 1.29 is 31.1 Å². The second kappa shape index (κ2) is 5.85. The number of Topliss-reactive ketones (excluding diaryl/α,β-unsaturated/α-hetero) is 1. The van der Waals surface area contributed by atoms with Crippen molar-refractivity contribution in [2.45, 2.75) is 28.9 Å². The summed E-state index contributed by atoms with van der Waals surface area (Å²) in [6.45, 7) is 0.960. The molecule has 0 spiro atoms. The van der Waals surface area contributed by atoms with E-state index in [1.54, 1.807) is 0 Å². The number of ketones is 1. The van der Waals surface area contributed by atoms with E-state index in [0.29, 0.717) is 18.2 Å². The zero-order valence-electron chi connectivity index (χ0n) is 9.77. The summed E-state index contributed by atoms with van der Waals surface area (Å²) in [5.74, 6) is -0.786. The summed E-state index contributed by atoms with van der Waals surface area (Å²) >= 11 is 4.98. The molecule has 9 heteroatoms. The molecule has 112 valence electrons. The zero-order chi connectivity index (χ0) is 15.7. The highest BCUT2D eigenvalue weighted by molar-refractivity contribution is 8.00. The molecule has 0 N–H and O–H groups in total. The van der Waals surface area contributed by atoms with E-state index in [1.165, 1.54) is 0 Å². The summed E-state index contributed by atoms with van der Waals surface area (Å²) < 4.78 is 74.9. The molecule has 0 amide bonds. The normalized spacial score (nSPS) is 14.2. The zero-order valence-corrected chi connectivity index (χ0v) is 11.3. The summed E-state index contributed by atoms with van der Waals surface area (Å²) in [5.41, 5.74) is -6.55. The molecule has 0 aliphatic carbocycles. The second-order valence-corrected chi connectivity index (χ2v) is 5.34. The molecule has 0 heterocycles. The lowest BCUT2D eigenvalue weighted by Crippen LogP contribution is -2.13. The summed E-state index contributed by atoms with van der Waals surface area (Å²) in [5, 5.41) is -1.65. The Bertz CT molecular complexity index is 511. The molecule has 0 aliphatic heterocycles. The molecular formula is C11H7ClF6OS. The van der Waals surface area contributed by atoms with E-state index in [9.17, 15) is 31.1 Å². The van der Waals surface area contributed by atoms with Gasteiger partial charge in [-0.3, -0.25) is 4.79 Å². The van der Waals surface area contributed by atoms with Crippen molar-refractivity contribution in [3.05, 3.63) is 29.3 Å². The van der Waals surface area contributed by atoms with Crippen LogP contribution in [0.15, 0.2) is 23.1 Å². The molecule has 0 bridgehead atoms. The van der Waals surface area contributed by atoms with Gasteiger partial charge in [0.1, 0.15) is 5.38 Å². The third kappa shape index (κ3) is 4.59. The van der Waals surface area contributed by atoms with Crippen LogP contribution in [0, 0.1) is 0 Å². The van der Waals surface area contributed by atoms with Crippen LogP contribution in [0.1, 0.15) is 23.4 Å². The Balaban J connectivity index is 3.33. The maximum atomic E-state index is 12.7. The van der Waals surface area contributed by atoms with E-state index < -0.39 is 50.6 Å². The minimum absolute atomic E-state index is 0.465. The molecule has 0 radical (unpaired) electrons. The van der Waals surface area contributed by atoms with Crippen LogP contribution in [-0.2, 0) is 11.0 Å². The Morgan fingerprint density at radius 1 is 1.20 bits per heavy atom. The maximum Gasteiger partial charge on any atom is 0.446 e. The van der Waals surface area contributed by atoms with Gasteiger partial charge < -0.3 is 0 Å². The van der Waals surface area contributed by atoms with Crippen molar-refractivity contribution >= 4 is 29.1 Å². The molecule has 1 rings (SSSR count). The van der Waals surface area contributed by atoms with Crippen LogP contribution in [0.5, 0.6) is 0 Å². The van der Waals surface area contributed by atoms with Crippen LogP contribution in [0.25, 0.3) is 0 Å². The Kier molecular flexibility index (Phi) is 5.02. The number of carbonyl (C=O) groups excluding carboxylic acids is 1. The number of rotatable bonds is 3. The van der Waals surface area contributed by atoms with Crippen LogP contribution in [0.4, 0.5) is 26.3 Å². The van der Waals surface area contributed by atoms with Gasteiger partial charge in [-0.1, -0.05) is 0 Å². The number of thioether (sulfide) groups is 1. The Morgan fingerprint density at radius 3 is 2.15 bits per heavy atom. The maximum absolute atomic E-state index is 12.7. The molecule has 0 fully saturated rings. The summed E-state index contributed by atoms with van der Waals surface area (Å²) in [7, 11) is 0. The van der Waals surface area contributed by atoms with Crippen LogP contribution in [0.3, 0.4) is 0 Å². The molecule has 1 aromatic carbocycles. The molecule has 1 unspecified atom stereocenters. The van der Waals surface area contributed by atoms with Gasteiger partial charge in [0.25, 0.3) is 0 Å². The lowest BCUT2D eigenvalue weighted by atomic mass is 10.0. The van der Waals surface area contributed by atoms with Gasteiger partial charge in [-0.2, -0.15) is 26.3 Å². The van der Waals surface area contributed by atoms with Crippen molar-refractivity contribution in [3.8, 4) is 0 Å². The summed E-state index contributed by atoms with van der Waals surface area (Å²) in [4.78, 5) is 10.6. The molecule has 0 aliphatic rings. The Labute approximate surface area is 119 Å². The molecule has 1 nitrogen and oxygen atoms in total. The fourth-order valence-electron chi connectivity index (χ4n) is 1.42. The van der Waals surface area contributed by atoms with E-state index >= 15 is 0 Å². The van der Waals surface area contributed by atoms with Gasteiger partial charge in [0.15, 0.2) is 5.78 Å². The van der Waals surface area contributed by atoms with Gasteiger partial charge in [-0.25, -0.2) is 0 Å². The van der Waals surface area contributed by atoms with Crippen molar-refractivity contribution in [2.75, 3.05) is 0 Å². The number of halogens is 7. The quantitative estimate of drug-likeness (QED) is 0.429. The Morgan fingerprint density at radius 2 is 1.75 bits per heavy atom. The first kappa shape index (κ1) is 17.2. The topological polar surface area (TPSA) is 17.1 Å². The minimum Gasteiger partial charge on any atom is -0.298 e. The predicted molar refractivity (Wildman–Crippen MR) is 62.6 cm³/mol. The van der Waals surface area contributed by atoms with E-state index in [-0.39, 0.29) is 0 Å². The first-order valence-electron chi connectivity index (χ1n) is 5.03. The SMILES string of the molecule is CC(=O)C(Cl)c1cc(SC(F)(F)F)ccc1C(F)(F)F. The van der Waals surface area contributed by atoms with Gasteiger partial charge in [0.05, 0.1) is 5.56 Å². The third-order valence-corrected chi connectivity index (χ3v) is 3.46. The molecule has 0 aromatic heterocycles. The minimum atomic E-state index is -4.81. The van der Waals surface area contributed by atoms with Crippen molar-refractivity contribution in [1.82, 2.24) is 0 Å². The predicted octanol–water partition coefficient (Wildman–Crippen LogP) is 5.19. The van der Waals surface area contributed by atoms with Crippen LogP contribution in [0.2, 0.25) is 0 Å². The molecule has 20 heavy (non-hydrogen) atoms. The number of hydrogen-bond acceptors (Lipinski definition) is 2. The molecule has 0 saturated carbocycles. The smallest absolute Gasteiger partial charge is 0.298 e. The van der Waals surface area contributed by atoms with Gasteiger partial charge in [0.2, 0.25) is 0 Å². The fourth-order valence-corrected chi connectivity index (χ4v) is 2.19. The van der Waals surface area contributed by atoms with Gasteiger partial charge in [-0.15, -0.1) is 11.6 Å². The first-order valence-corrected chi connectivity index (χ1v) is 6.28. The Hall–Kier alpha value is -0.890. The van der Waals surface area contributed by atoms with Gasteiger partial charge in [0, 0.05) is 4.90 Å². The molecular weight excluding hydrogens is 330 g/mol. The standard InChI is InChI=1S/C11H7ClF6OS/c1-5(19)9(12)7-4-6(20-11(16,17)18)2-3-8(7)10(13,14)15/h2-4,9H,1H3. The fraction of sp³-hybridized carbons (Fsp3) is 0.364. The first-order chi connectivity index (χ1) is 8.92. The number of carbonyl (C=O) groups is 1. The lowest BCUT2D eigenvalue weighted by Gasteiger charge is -2.17. The second-order valence-electron chi connectivity index (χ2n) is 3.77. The number of hydrogen-bond donors (Lipinski definition) is 0. The van der Waals surface area contributed by atoms with Gasteiger partial charge in [-0.05, 0) is 42.4 Å². The van der Waals surface area contributed by atoms with Crippen LogP contribution >= 0.6 is 23.4 Å². The number of alkyl halides is 7. The van der Waals surface area contributed by atoms with E-state index in [4.69, 9.17) is 11.6 Å². The van der Waals surface area contributed by atoms with E-state index in [1.807, 2.05) is 0 Å². The molecule has 1 atom stereocenters. The van der Waals surface area contributed by atoms with Crippen molar-refractivity contribution in [3.63, 3.8) is 0 Å². The van der Waals surface area contributed by atoms with E-state index in [0.717, 1.165) is 6.92 Å². The number of benzene rings is 1. The monoisotopic (exact) mass is 336 g/mol. The summed E-state index contributed by atoms with van der Waals surface area (Å²) in [6, 6.07) is 1.82. The van der Waals surface area contributed by atoms with Crippen molar-refractivity contribution in [2.24, 2.45) is 0 Å².